The Morgan fingerprint density at radius 1 is 0.447 bits per heavy atom. The van der Waals surface area contributed by atoms with Gasteiger partial charge in [0.15, 0.2) is 0 Å². The van der Waals surface area contributed by atoms with Crippen molar-refractivity contribution in [1.82, 2.24) is 0 Å². The number of nitro benzene ring substituents is 1. The van der Waals surface area contributed by atoms with Crippen LogP contribution in [0.2, 0.25) is 5.02 Å². The zero-order valence-electron chi connectivity index (χ0n) is 25.3. The number of nitro groups is 1. The first-order valence-electron chi connectivity index (χ1n) is 15.5. The predicted octanol–water partition coefficient (Wildman–Crippen LogP) is 11.6. The molecule has 7 aromatic rings. The minimum Gasteiger partial charge on any atom is -0.258 e. The van der Waals surface area contributed by atoms with Crippen molar-refractivity contribution in [3.63, 3.8) is 0 Å². The van der Waals surface area contributed by atoms with Crippen LogP contribution >= 0.6 is 11.6 Å². The van der Waals surface area contributed by atoms with Crippen LogP contribution in [0, 0.1) is 10.1 Å². The number of para-hydroxylation sites is 1. The van der Waals surface area contributed by atoms with Gasteiger partial charge >= 0.3 is 0 Å². The fraction of sp³-hybridized carbons (Fsp3) is 0.0233. The van der Waals surface area contributed by atoms with E-state index in [2.05, 4.69) is 115 Å². The lowest BCUT2D eigenvalue weighted by Gasteiger charge is -2.34. The standard InChI is InChI=1S/C43H28ClNO2/c44-36-24-26-41-39(28-36)38-27-33(37-13-7-8-14-42(37)45(46)47)19-25-40(38)43(41,34-20-15-31(16-21-34)29-9-3-1-4-10-29)35-22-17-32(18-23-35)30-11-5-2-6-12-30/h1-28H. The molecule has 0 aromatic heterocycles. The van der Waals surface area contributed by atoms with Crippen LogP contribution in [-0.4, -0.2) is 4.92 Å². The zero-order chi connectivity index (χ0) is 32.0. The zero-order valence-corrected chi connectivity index (χ0v) is 26.1. The van der Waals surface area contributed by atoms with Gasteiger partial charge in [-0.05, 0) is 85.5 Å². The molecule has 0 saturated heterocycles. The van der Waals surface area contributed by atoms with E-state index in [0.717, 1.165) is 61.2 Å². The van der Waals surface area contributed by atoms with E-state index in [0.29, 0.717) is 10.6 Å². The van der Waals surface area contributed by atoms with Crippen LogP contribution in [-0.2, 0) is 5.41 Å². The first-order valence-corrected chi connectivity index (χ1v) is 15.9. The van der Waals surface area contributed by atoms with E-state index in [-0.39, 0.29) is 10.6 Å². The molecule has 0 bridgehead atoms. The average molecular weight is 626 g/mol. The Morgan fingerprint density at radius 2 is 0.894 bits per heavy atom. The van der Waals surface area contributed by atoms with Crippen molar-refractivity contribution in [1.29, 1.82) is 0 Å². The van der Waals surface area contributed by atoms with Crippen molar-refractivity contribution >= 4 is 17.3 Å². The first-order chi connectivity index (χ1) is 23.0. The summed E-state index contributed by atoms with van der Waals surface area (Å²) in [7, 11) is 0. The second-order valence-corrected chi connectivity index (χ2v) is 12.3. The number of hydrogen-bond acceptors (Lipinski definition) is 2. The predicted molar refractivity (Wildman–Crippen MR) is 192 cm³/mol. The summed E-state index contributed by atoms with van der Waals surface area (Å²) < 4.78 is 0. The van der Waals surface area contributed by atoms with Crippen molar-refractivity contribution in [2.75, 3.05) is 0 Å². The first kappa shape index (κ1) is 28.7. The topological polar surface area (TPSA) is 43.1 Å². The maximum absolute atomic E-state index is 12.0. The fourth-order valence-electron chi connectivity index (χ4n) is 7.23. The monoisotopic (exact) mass is 625 g/mol. The van der Waals surface area contributed by atoms with Gasteiger partial charge in [-0.15, -0.1) is 0 Å². The van der Waals surface area contributed by atoms with E-state index in [1.165, 1.54) is 0 Å². The lowest BCUT2D eigenvalue weighted by molar-refractivity contribution is -0.384. The highest BCUT2D eigenvalue weighted by Gasteiger charge is 2.46. The van der Waals surface area contributed by atoms with Crippen LogP contribution in [0.3, 0.4) is 0 Å². The molecule has 0 N–H and O–H groups in total. The summed E-state index contributed by atoms with van der Waals surface area (Å²) in [6, 6.07) is 57.8. The van der Waals surface area contributed by atoms with Crippen molar-refractivity contribution in [3.05, 3.63) is 207 Å². The minimum atomic E-state index is -0.652. The van der Waals surface area contributed by atoms with Crippen LogP contribution in [0.25, 0.3) is 44.5 Å². The molecule has 224 valence electrons. The summed E-state index contributed by atoms with van der Waals surface area (Å²) in [4.78, 5) is 11.7. The summed E-state index contributed by atoms with van der Waals surface area (Å²) in [5.41, 5.74) is 11.9. The molecule has 1 aliphatic carbocycles. The number of hydrogen-bond donors (Lipinski definition) is 0. The molecule has 0 unspecified atom stereocenters. The number of rotatable bonds is 6. The van der Waals surface area contributed by atoms with Gasteiger partial charge in [0.25, 0.3) is 5.69 Å². The highest BCUT2D eigenvalue weighted by Crippen LogP contribution is 2.57. The Hall–Kier alpha value is -5.77. The molecular formula is C43H28ClNO2. The summed E-state index contributed by atoms with van der Waals surface area (Å²) in [6.07, 6.45) is 0. The Balaban J connectivity index is 1.39. The molecular weight excluding hydrogens is 598 g/mol. The van der Waals surface area contributed by atoms with Crippen molar-refractivity contribution in [2.45, 2.75) is 5.41 Å². The van der Waals surface area contributed by atoms with Crippen LogP contribution in [0.15, 0.2) is 170 Å². The Labute approximate surface area is 278 Å². The molecule has 0 spiro atoms. The van der Waals surface area contributed by atoms with Gasteiger partial charge in [0.05, 0.1) is 15.9 Å². The molecule has 0 aliphatic heterocycles. The maximum Gasteiger partial charge on any atom is 0.277 e. The normalized spacial score (nSPS) is 12.7. The number of fused-ring (bicyclic) bond motifs is 3. The highest BCUT2D eigenvalue weighted by atomic mass is 35.5. The minimum absolute atomic E-state index is 0.0797. The summed E-state index contributed by atoms with van der Waals surface area (Å²) in [5, 5.41) is 12.6. The van der Waals surface area contributed by atoms with Crippen LogP contribution in [0.4, 0.5) is 5.69 Å². The van der Waals surface area contributed by atoms with Crippen LogP contribution in [0.1, 0.15) is 22.3 Å². The number of benzene rings is 7. The van der Waals surface area contributed by atoms with E-state index in [1.807, 2.05) is 42.5 Å². The van der Waals surface area contributed by atoms with E-state index < -0.39 is 5.41 Å². The molecule has 3 nitrogen and oxygen atoms in total. The largest absolute Gasteiger partial charge is 0.277 e. The summed E-state index contributed by atoms with van der Waals surface area (Å²) in [5.74, 6) is 0. The van der Waals surface area contributed by atoms with Crippen LogP contribution < -0.4 is 0 Å². The summed E-state index contributed by atoms with van der Waals surface area (Å²) >= 11 is 6.69. The third-order valence-corrected chi connectivity index (χ3v) is 9.60. The van der Waals surface area contributed by atoms with E-state index in [9.17, 15) is 10.1 Å². The lowest BCUT2D eigenvalue weighted by atomic mass is 9.67. The second kappa shape index (κ2) is 11.5. The van der Waals surface area contributed by atoms with Crippen LogP contribution in [0.5, 0.6) is 0 Å². The molecule has 0 saturated carbocycles. The molecule has 0 atom stereocenters. The quantitative estimate of drug-likeness (QED) is 0.136. The Kier molecular flexibility index (Phi) is 7.05. The fourth-order valence-corrected chi connectivity index (χ4v) is 7.40. The van der Waals surface area contributed by atoms with Gasteiger partial charge in [-0.25, -0.2) is 0 Å². The van der Waals surface area contributed by atoms with Crippen molar-refractivity contribution in [2.24, 2.45) is 0 Å². The van der Waals surface area contributed by atoms with Crippen molar-refractivity contribution < 1.29 is 4.92 Å². The van der Waals surface area contributed by atoms with Gasteiger partial charge < -0.3 is 0 Å². The second-order valence-electron chi connectivity index (χ2n) is 11.9. The van der Waals surface area contributed by atoms with E-state index in [4.69, 9.17) is 11.6 Å². The highest BCUT2D eigenvalue weighted by molar-refractivity contribution is 6.31. The number of halogens is 1. The van der Waals surface area contributed by atoms with Gasteiger partial charge in [0, 0.05) is 11.1 Å². The summed E-state index contributed by atoms with van der Waals surface area (Å²) in [6.45, 7) is 0. The number of nitrogens with zero attached hydrogens (tertiary/aromatic N) is 1. The SMILES string of the molecule is O=[N+]([O-])c1ccccc1-c1ccc2c(c1)-c1cc(Cl)ccc1C2(c1ccc(-c2ccccc2)cc1)c1ccc(-c2ccccc2)cc1. The molecule has 0 amide bonds. The molecule has 0 radical (unpaired) electrons. The molecule has 0 fully saturated rings. The molecule has 0 heterocycles. The molecule has 7 aromatic carbocycles. The van der Waals surface area contributed by atoms with E-state index >= 15 is 0 Å². The van der Waals surface area contributed by atoms with Crippen molar-refractivity contribution in [3.8, 4) is 44.5 Å². The molecule has 1 aliphatic rings. The smallest absolute Gasteiger partial charge is 0.258 e. The van der Waals surface area contributed by atoms with Gasteiger partial charge in [0.2, 0.25) is 0 Å². The molecule has 4 heteroatoms. The molecule has 8 rings (SSSR count). The third-order valence-electron chi connectivity index (χ3n) is 9.36. The van der Waals surface area contributed by atoms with Gasteiger partial charge in [-0.2, -0.15) is 0 Å². The Morgan fingerprint density at radius 3 is 1.45 bits per heavy atom. The maximum atomic E-state index is 12.0. The Bertz CT molecular complexity index is 2180. The van der Waals surface area contributed by atoms with Gasteiger partial charge in [-0.1, -0.05) is 151 Å². The lowest BCUT2D eigenvalue weighted by Crippen LogP contribution is -2.28. The van der Waals surface area contributed by atoms with Gasteiger partial charge in [-0.3, -0.25) is 10.1 Å². The van der Waals surface area contributed by atoms with Gasteiger partial charge in [0.1, 0.15) is 0 Å². The molecule has 47 heavy (non-hydrogen) atoms. The third kappa shape index (κ3) is 4.75. The average Bonchev–Trinajstić information content (AvgIpc) is 3.42. The van der Waals surface area contributed by atoms with E-state index in [1.54, 1.807) is 12.1 Å².